The second kappa shape index (κ2) is 17.4. The van der Waals surface area contributed by atoms with Crippen LogP contribution in [0.3, 0.4) is 0 Å². The lowest BCUT2D eigenvalue weighted by Gasteiger charge is -2.38. The molecule has 5 N–H and O–H groups in total. The van der Waals surface area contributed by atoms with Crippen LogP contribution in [0.2, 0.25) is 0 Å². The number of benzene rings is 2. The highest BCUT2D eigenvalue weighted by atomic mass is 16.5. The number of fused-ring (bicyclic) bond motifs is 1. The molecule has 1 aliphatic rings. The first-order valence-electron chi connectivity index (χ1n) is 19.0. The maximum absolute atomic E-state index is 14.4. The van der Waals surface area contributed by atoms with Gasteiger partial charge in [-0.1, -0.05) is 45.9 Å². The molecule has 2 aromatic heterocycles. The zero-order valence-electron chi connectivity index (χ0n) is 34.0. The zero-order chi connectivity index (χ0) is 42.0. The Hall–Kier alpha value is -5.44. The molecule has 0 saturated carbocycles. The van der Waals surface area contributed by atoms with Crippen molar-refractivity contribution in [2.75, 3.05) is 19.0 Å². The number of methoxy groups -OCH3 is 1. The summed E-state index contributed by atoms with van der Waals surface area (Å²) in [6, 6.07) is 3.62. The number of esters is 2. The first-order chi connectivity index (χ1) is 26.9. The summed E-state index contributed by atoms with van der Waals surface area (Å²) in [5.41, 5.74) is 1.87. The van der Waals surface area contributed by atoms with Crippen molar-refractivity contribution < 1.29 is 53.8 Å². The van der Waals surface area contributed by atoms with Crippen LogP contribution in [0, 0.1) is 37.5 Å². The smallest absolute Gasteiger partial charge is 0.347 e. The summed E-state index contributed by atoms with van der Waals surface area (Å²) in [5, 5.41) is 49.2. The van der Waals surface area contributed by atoms with Crippen molar-refractivity contribution in [3.63, 3.8) is 0 Å². The van der Waals surface area contributed by atoms with Crippen molar-refractivity contribution in [3.05, 3.63) is 71.2 Å². The van der Waals surface area contributed by atoms with E-state index in [-0.39, 0.29) is 56.5 Å². The number of amides is 1. The van der Waals surface area contributed by atoms with Crippen molar-refractivity contribution in [2.24, 2.45) is 23.7 Å². The average molecular weight is 788 g/mol. The van der Waals surface area contributed by atoms with E-state index in [4.69, 9.17) is 23.9 Å². The van der Waals surface area contributed by atoms with Crippen LogP contribution in [0.15, 0.2) is 54.5 Å². The average Bonchev–Trinajstić information content (AvgIpc) is 3.55. The number of pyridine rings is 1. The first kappa shape index (κ1) is 42.7. The van der Waals surface area contributed by atoms with E-state index in [1.165, 1.54) is 27.0 Å². The fraction of sp³-hybridized carbons (Fsp3) is 0.442. The number of anilines is 1. The van der Waals surface area contributed by atoms with Crippen LogP contribution in [0.1, 0.15) is 70.0 Å². The molecule has 0 saturated heterocycles. The third-order valence-corrected chi connectivity index (χ3v) is 11.0. The van der Waals surface area contributed by atoms with Crippen LogP contribution in [0.25, 0.3) is 27.5 Å². The van der Waals surface area contributed by atoms with Gasteiger partial charge in [0.15, 0.2) is 5.75 Å². The van der Waals surface area contributed by atoms with E-state index in [1.54, 1.807) is 76.4 Å². The number of rotatable bonds is 4. The van der Waals surface area contributed by atoms with Gasteiger partial charge < -0.3 is 44.7 Å². The maximum atomic E-state index is 14.4. The summed E-state index contributed by atoms with van der Waals surface area (Å²) in [5.74, 6) is -5.43. The molecule has 0 fully saturated rings. The number of imidazole rings is 1. The Morgan fingerprint density at radius 2 is 1.68 bits per heavy atom. The molecular weight excluding hydrogens is 734 g/mol. The highest BCUT2D eigenvalue weighted by Gasteiger charge is 2.39. The normalized spacial score (nSPS) is 27.5. The lowest BCUT2D eigenvalue weighted by molar-refractivity contribution is -0.160. The number of ether oxygens (including phenoxy) is 4. The molecule has 2 aromatic carbocycles. The van der Waals surface area contributed by atoms with Gasteiger partial charge in [0, 0.05) is 60.4 Å². The molecule has 306 valence electrons. The summed E-state index contributed by atoms with van der Waals surface area (Å²) < 4.78 is 24.9. The fourth-order valence-electron chi connectivity index (χ4n) is 7.65. The summed E-state index contributed by atoms with van der Waals surface area (Å²) in [6.07, 6.45) is 5.34. The number of allylic oxidation sites excluding steroid dienone is 2. The van der Waals surface area contributed by atoms with E-state index in [1.807, 2.05) is 13.0 Å². The summed E-state index contributed by atoms with van der Waals surface area (Å²) in [6.45, 7) is 15.0. The molecule has 14 nitrogen and oxygen atoms in total. The fourth-order valence-corrected chi connectivity index (χ4v) is 7.65. The van der Waals surface area contributed by atoms with Crippen LogP contribution in [-0.4, -0.2) is 85.8 Å². The molecule has 3 heterocycles. The first-order valence-corrected chi connectivity index (χ1v) is 19.0. The number of carbonyl (C=O) groups is 3. The Morgan fingerprint density at radius 1 is 0.982 bits per heavy atom. The molecule has 14 heteroatoms. The Kier molecular flexibility index (Phi) is 13.0. The van der Waals surface area contributed by atoms with Gasteiger partial charge in [0.25, 0.3) is 5.91 Å². The number of aliphatic hydroxyl groups is 2. The molecule has 1 aliphatic heterocycles. The second-order valence-electron chi connectivity index (χ2n) is 14.9. The van der Waals surface area contributed by atoms with Gasteiger partial charge in [-0.3, -0.25) is 14.0 Å². The van der Waals surface area contributed by atoms with Gasteiger partial charge in [-0.2, -0.15) is 0 Å². The third-order valence-electron chi connectivity index (χ3n) is 11.0. The molecule has 57 heavy (non-hydrogen) atoms. The molecular formula is C43H53N3O11. The molecule has 8 atom stereocenters. The van der Waals surface area contributed by atoms with Gasteiger partial charge in [-0.25, -0.2) is 9.78 Å². The lowest BCUT2D eigenvalue weighted by Crippen LogP contribution is -2.46. The largest absolute Gasteiger partial charge is 0.507 e. The van der Waals surface area contributed by atoms with Gasteiger partial charge >= 0.3 is 11.9 Å². The van der Waals surface area contributed by atoms with Gasteiger partial charge in [0.05, 0.1) is 36.6 Å². The van der Waals surface area contributed by atoms with Crippen LogP contribution < -0.4 is 10.1 Å². The minimum absolute atomic E-state index is 0.00244. The highest BCUT2D eigenvalue weighted by Crippen LogP contribution is 2.51. The number of carbonyl (C=O) groups excluding carboxylic acids is 3. The Balaban J connectivity index is 1.81. The van der Waals surface area contributed by atoms with Crippen molar-refractivity contribution >= 4 is 51.0 Å². The van der Waals surface area contributed by atoms with E-state index in [0.717, 1.165) is 11.8 Å². The predicted octanol–water partition coefficient (Wildman–Crippen LogP) is 6.41. The standard InChI is InChI=1S/C43H53N3O11/c1-11-55-41-26(8)38(50)31-30-32(41)43(53)56-18-16-28(54-10)23(5)40(57-27(9)47)25(7)37(49)24(6)36(48)21(3)13-12-14-22(4)42(52)45-34(39(31)51)35-33(30)44-29-19-20(2)15-17-46(29)35/h12-19,21,23-25,28,36-37,40,48-51H,11H2,1-10H3,(H,45,52)/b13-12+,18-16+,22-14-/t21-,23+,24+,25+,28-,36-,37+,40+/m0/s1. The number of nitrogens with zero attached hydrogens (tertiary/aromatic N) is 2. The number of aromatic hydroxyl groups is 2. The molecule has 1 amide bonds. The van der Waals surface area contributed by atoms with E-state index in [2.05, 4.69) is 5.32 Å². The van der Waals surface area contributed by atoms with Crippen LogP contribution >= 0.6 is 0 Å². The molecule has 5 rings (SSSR count). The molecule has 0 unspecified atom stereocenters. The van der Waals surface area contributed by atoms with Crippen molar-refractivity contribution in [1.29, 1.82) is 0 Å². The number of aromatic nitrogens is 2. The number of phenols is 2. The Labute approximate surface area is 331 Å². The number of phenolic OH excluding ortho intramolecular Hbond substituents is 2. The van der Waals surface area contributed by atoms with Crippen LogP contribution in [0.5, 0.6) is 17.2 Å². The summed E-state index contributed by atoms with van der Waals surface area (Å²) in [7, 11) is 1.44. The lowest BCUT2D eigenvalue weighted by atomic mass is 9.78. The van der Waals surface area contributed by atoms with Crippen molar-refractivity contribution in [3.8, 4) is 17.2 Å². The number of aryl methyl sites for hydroxylation is 1. The number of hydrogen-bond donors (Lipinski definition) is 5. The molecule has 0 radical (unpaired) electrons. The topological polar surface area (TPSA) is 198 Å². The molecule has 2 bridgehead atoms. The second-order valence-corrected chi connectivity index (χ2v) is 14.9. The van der Waals surface area contributed by atoms with Crippen LogP contribution in [0.4, 0.5) is 5.69 Å². The minimum Gasteiger partial charge on any atom is -0.507 e. The Bertz CT molecular complexity index is 2290. The number of hydrogen-bond acceptors (Lipinski definition) is 12. The summed E-state index contributed by atoms with van der Waals surface area (Å²) >= 11 is 0. The zero-order valence-corrected chi connectivity index (χ0v) is 34.0. The number of cyclic esters (lactones) is 1. The van der Waals surface area contributed by atoms with Gasteiger partial charge in [-0.15, -0.1) is 0 Å². The summed E-state index contributed by atoms with van der Waals surface area (Å²) in [4.78, 5) is 45.4. The maximum Gasteiger partial charge on any atom is 0.347 e. The molecule has 0 spiro atoms. The SMILES string of the molecule is CCOc1c(C)c(O)c2c(O)c3c4c(nc5cc(C)ccn54)c2c1C(=O)O/C=C/[C@H](OC)[C@@H](C)[C@@H](OC(C)=O)[C@H](C)[C@H](O)[C@H](C)[C@@H](O)[C@@H](C)/C=C/C=C(/C)C(=O)N3. The van der Waals surface area contributed by atoms with E-state index in [9.17, 15) is 34.8 Å². The highest BCUT2D eigenvalue weighted by molar-refractivity contribution is 6.26. The monoisotopic (exact) mass is 787 g/mol. The van der Waals surface area contributed by atoms with Gasteiger partial charge in [0.1, 0.15) is 45.5 Å². The van der Waals surface area contributed by atoms with E-state index >= 15 is 0 Å². The number of nitrogens with one attached hydrogen (secondary N) is 1. The van der Waals surface area contributed by atoms with Crippen LogP contribution in [-0.2, 0) is 23.8 Å². The van der Waals surface area contributed by atoms with E-state index in [0.29, 0.717) is 5.65 Å². The quantitative estimate of drug-likeness (QED) is 0.113. The molecule has 4 aromatic rings. The van der Waals surface area contributed by atoms with Gasteiger partial charge in [0.2, 0.25) is 0 Å². The minimum atomic E-state index is -1.12. The predicted molar refractivity (Wildman–Crippen MR) is 215 cm³/mol. The molecule has 0 aliphatic carbocycles. The van der Waals surface area contributed by atoms with Crippen molar-refractivity contribution in [1.82, 2.24) is 9.38 Å². The van der Waals surface area contributed by atoms with Crippen molar-refractivity contribution in [2.45, 2.75) is 86.7 Å². The van der Waals surface area contributed by atoms with Gasteiger partial charge in [-0.05, 0) is 51.5 Å². The Morgan fingerprint density at radius 3 is 2.33 bits per heavy atom. The number of aliphatic hydroxyl groups excluding tert-OH is 2. The van der Waals surface area contributed by atoms with E-state index < -0.39 is 77.4 Å². The third kappa shape index (κ3) is 8.20.